The minimum Gasteiger partial charge on any atom is -0.497 e. The molecule has 212 valence electrons. The van der Waals surface area contributed by atoms with E-state index >= 15 is 4.39 Å². The van der Waals surface area contributed by atoms with E-state index in [1.807, 2.05) is 36.4 Å². The number of benzene rings is 3. The van der Waals surface area contributed by atoms with Gasteiger partial charge in [-0.15, -0.1) is 0 Å². The van der Waals surface area contributed by atoms with Crippen molar-refractivity contribution in [1.82, 2.24) is 4.90 Å². The second-order valence-corrected chi connectivity index (χ2v) is 11.5. The smallest absolute Gasteiger partial charge is 0.303 e. The molecule has 5 nitrogen and oxygen atoms in total. The normalized spacial score (nSPS) is 20.2. The first-order valence-electron chi connectivity index (χ1n) is 14.5. The van der Waals surface area contributed by atoms with Crippen LogP contribution in [0.2, 0.25) is 0 Å². The standard InChI is InChI=1S/C34H40FNO4/c1-22-6-4-7-23(2)36(22)20-27-16-24(10-14-30(27)32-18-28(39-3)13-15-33(32)35)21-40-29-9-5-8-26(17-29)31(19-34(37)38)25-11-12-25/h5,8-10,13-18,22-23,25,31H,4,6-7,11-12,19-21H2,1-3H3,(H,37,38)/t22-,23-,31+/m0/s1. The van der Waals surface area contributed by atoms with Crippen LogP contribution in [0.25, 0.3) is 11.1 Å². The molecule has 1 heterocycles. The first kappa shape index (κ1) is 28.2. The molecule has 3 aromatic carbocycles. The van der Waals surface area contributed by atoms with Crippen molar-refractivity contribution >= 4 is 5.97 Å². The monoisotopic (exact) mass is 545 g/mol. The third kappa shape index (κ3) is 6.67. The van der Waals surface area contributed by atoms with Gasteiger partial charge in [0.15, 0.2) is 0 Å². The molecule has 0 spiro atoms. The summed E-state index contributed by atoms with van der Waals surface area (Å²) in [5.74, 6) is 0.795. The van der Waals surface area contributed by atoms with E-state index in [2.05, 4.69) is 24.8 Å². The summed E-state index contributed by atoms with van der Waals surface area (Å²) in [6.07, 6.45) is 5.87. The average molecular weight is 546 g/mol. The number of carbonyl (C=O) groups is 1. The number of rotatable bonds is 11. The van der Waals surface area contributed by atoms with Gasteiger partial charge >= 0.3 is 5.97 Å². The van der Waals surface area contributed by atoms with E-state index in [4.69, 9.17) is 9.47 Å². The lowest BCUT2D eigenvalue weighted by atomic mass is 9.91. The summed E-state index contributed by atoms with van der Waals surface area (Å²) < 4.78 is 26.7. The molecule has 1 saturated heterocycles. The molecule has 2 aliphatic rings. The van der Waals surface area contributed by atoms with Crippen LogP contribution in [-0.4, -0.2) is 35.2 Å². The lowest BCUT2D eigenvalue weighted by Gasteiger charge is -2.39. The number of methoxy groups -OCH3 is 1. The van der Waals surface area contributed by atoms with Crippen LogP contribution in [0.15, 0.2) is 60.7 Å². The van der Waals surface area contributed by atoms with Gasteiger partial charge in [-0.25, -0.2) is 4.39 Å². The molecule has 40 heavy (non-hydrogen) atoms. The molecule has 0 unspecified atom stereocenters. The van der Waals surface area contributed by atoms with Crippen LogP contribution in [0, 0.1) is 11.7 Å². The van der Waals surface area contributed by atoms with E-state index in [1.54, 1.807) is 19.2 Å². The Kier molecular flexibility index (Phi) is 8.75. The Hall–Kier alpha value is -3.38. The van der Waals surface area contributed by atoms with Crippen molar-refractivity contribution in [3.05, 3.63) is 83.2 Å². The molecule has 0 aromatic heterocycles. The minimum absolute atomic E-state index is 0.0261. The summed E-state index contributed by atoms with van der Waals surface area (Å²) in [6.45, 7) is 5.66. The van der Waals surface area contributed by atoms with Crippen LogP contribution in [0.1, 0.15) is 75.0 Å². The molecule has 5 rings (SSSR count). The van der Waals surface area contributed by atoms with Crippen molar-refractivity contribution in [2.24, 2.45) is 5.92 Å². The topological polar surface area (TPSA) is 59.0 Å². The molecule has 1 aliphatic carbocycles. The number of nitrogens with zero attached hydrogens (tertiary/aromatic N) is 1. The first-order valence-corrected chi connectivity index (χ1v) is 14.5. The number of carboxylic acid groups (broad SMARTS) is 1. The molecule has 3 aromatic rings. The number of hydrogen-bond acceptors (Lipinski definition) is 4. The Bertz CT molecular complexity index is 1330. The Balaban J connectivity index is 1.41. The fourth-order valence-electron chi connectivity index (χ4n) is 6.20. The molecule has 1 saturated carbocycles. The second-order valence-electron chi connectivity index (χ2n) is 11.5. The number of carboxylic acids is 1. The van der Waals surface area contributed by atoms with Crippen molar-refractivity contribution in [3.8, 4) is 22.6 Å². The zero-order valence-electron chi connectivity index (χ0n) is 23.7. The van der Waals surface area contributed by atoms with Crippen molar-refractivity contribution in [1.29, 1.82) is 0 Å². The van der Waals surface area contributed by atoms with E-state index in [1.165, 1.54) is 12.5 Å². The fraction of sp³-hybridized carbons (Fsp3) is 0.441. The maximum Gasteiger partial charge on any atom is 0.303 e. The van der Waals surface area contributed by atoms with Crippen molar-refractivity contribution in [2.45, 2.75) is 83.5 Å². The highest BCUT2D eigenvalue weighted by Gasteiger charge is 2.34. The maximum atomic E-state index is 15.1. The summed E-state index contributed by atoms with van der Waals surface area (Å²) >= 11 is 0. The van der Waals surface area contributed by atoms with E-state index in [9.17, 15) is 9.90 Å². The van der Waals surface area contributed by atoms with Gasteiger partial charge in [-0.2, -0.15) is 0 Å². The Labute approximate surface area is 236 Å². The summed E-state index contributed by atoms with van der Waals surface area (Å²) in [7, 11) is 1.60. The fourth-order valence-corrected chi connectivity index (χ4v) is 6.20. The van der Waals surface area contributed by atoms with Gasteiger partial charge in [-0.3, -0.25) is 9.69 Å². The van der Waals surface area contributed by atoms with E-state index < -0.39 is 5.97 Å². The van der Waals surface area contributed by atoms with Crippen LogP contribution in [0.4, 0.5) is 4.39 Å². The third-order valence-corrected chi connectivity index (χ3v) is 8.64. The third-order valence-electron chi connectivity index (χ3n) is 8.64. The maximum absolute atomic E-state index is 15.1. The van der Waals surface area contributed by atoms with Crippen molar-refractivity contribution in [2.75, 3.05) is 7.11 Å². The second kappa shape index (κ2) is 12.4. The van der Waals surface area contributed by atoms with Crippen LogP contribution >= 0.6 is 0 Å². The number of likely N-dealkylation sites (tertiary alicyclic amines) is 1. The van der Waals surface area contributed by atoms with Crippen molar-refractivity contribution < 1.29 is 23.8 Å². The van der Waals surface area contributed by atoms with Gasteiger partial charge in [0.25, 0.3) is 0 Å². The van der Waals surface area contributed by atoms with Gasteiger partial charge in [-0.05, 0) is 104 Å². The van der Waals surface area contributed by atoms with Gasteiger partial charge < -0.3 is 14.6 Å². The number of ether oxygens (including phenoxy) is 2. The van der Waals surface area contributed by atoms with Crippen LogP contribution in [-0.2, 0) is 17.9 Å². The SMILES string of the molecule is COc1ccc(F)c(-c2ccc(COc3cccc([C@H](CC(=O)O)C4CC4)c3)cc2CN2[C@@H](C)CCC[C@@H]2C)c1. The number of halogens is 1. The van der Waals surface area contributed by atoms with Crippen LogP contribution in [0.3, 0.4) is 0 Å². The van der Waals surface area contributed by atoms with Crippen molar-refractivity contribution in [3.63, 3.8) is 0 Å². The summed E-state index contributed by atoms with van der Waals surface area (Å²) in [5.41, 5.74) is 4.51. The highest BCUT2D eigenvalue weighted by Crippen LogP contribution is 2.45. The quantitative estimate of drug-likeness (QED) is 0.266. The van der Waals surface area contributed by atoms with Crippen LogP contribution < -0.4 is 9.47 Å². The summed E-state index contributed by atoms with van der Waals surface area (Å²) in [6, 6.07) is 19.8. The molecule has 2 fully saturated rings. The van der Waals surface area contributed by atoms with Gasteiger partial charge in [0.1, 0.15) is 23.9 Å². The molecule has 3 atom stereocenters. The highest BCUT2D eigenvalue weighted by atomic mass is 19.1. The summed E-state index contributed by atoms with van der Waals surface area (Å²) in [4.78, 5) is 14.0. The van der Waals surface area contributed by atoms with E-state index in [-0.39, 0.29) is 18.2 Å². The predicted molar refractivity (Wildman–Crippen MR) is 155 cm³/mol. The number of aliphatic carboxylic acids is 1. The van der Waals surface area contributed by atoms with Crippen LogP contribution in [0.5, 0.6) is 11.5 Å². The Morgan fingerprint density at radius 3 is 2.45 bits per heavy atom. The predicted octanol–water partition coefficient (Wildman–Crippen LogP) is 7.81. The zero-order valence-corrected chi connectivity index (χ0v) is 23.7. The minimum atomic E-state index is -0.763. The lowest BCUT2D eigenvalue weighted by molar-refractivity contribution is -0.137. The first-order chi connectivity index (χ1) is 19.3. The molecule has 1 N–H and O–H groups in total. The lowest BCUT2D eigenvalue weighted by Crippen LogP contribution is -2.43. The molecule has 0 radical (unpaired) electrons. The number of piperidine rings is 1. The molecular formula is C34H40FNO4. The van der Waals surface area contributed by atoms with E-state index in [0.29, 0.717) is 35.9 Å². The molecule has 6 heteroatoms. The Morgan fingerprint density at radius 2 is 1.75 bits per heavy atom. The number of hydrogen-bond donors (Lipinski definition) is 1. The highest BCUT2D eigenvalue weighted by molar-refractivity contribution is 5.70. The molecule has 0 bridgehead atoms. The van der Waals surface area contributed by atoms with Gasteiger partial charge in [-0.1, -0.05) is 36.8 Å². The molecule has 0 amide bonds. The average Bonchev–Trinajstić information content (AvgIpc) is 3.79. The molecular weight excluding hydrogens is 505 g/mol. The van der Waals surface area contributed by atoms with Gasteiger partial charge in [0, 0.05) is 24.2 Å². The Morgan fingerprint density at radius 1 is 0.975 bits per heavy atom. The van der Waals surface area contributed by atoms with E-state index in [0.717, 1.165) is 60.2 Å². The zero-order chi connectivity index (χ0) is 28.2. The summed E-state index contributed by atoms with van der Waals surface area (Å²) in [5, 5.41) is 9.41. The van der Waals surface area contributed by atoms with Gasteiger partial charge in [0.05, 0.1) is 13.5 Å². The van der Waals surface area contributed by atoms with Gasteiger partial charge in [0.2, 0.25) is 0 Å². The largest absolute Gasteiger partial charge is 0.497 e. The molecule has 1 aliphatic heterocycles.